The fourth-order valence-electron chi connectivity index (χ4n) is 7.29. The second-order valence-corrected chi connectivity index (χ2v) is 16.5. The van der Waals surface area contributed by atoms with Gasteiger partial charge in [-0.2, -0.15) is 0 Å². The number of benzene rings is 4. The number of hydrogen-bond donors (Lipinski definition) is 2. The quantitative estimate of drug-likeness (QED) is 0.118. The number of amides is 2. The van der Waals surface area contributed by atoms with E-state index in [2.05, 4.69) is 10.6 Å². The first kappa shape index (κ1) is 49.3. The van der Waals surface area contributed by atoms with E-state index in [1.807, 2.05) is 0 Å². The third kappa shape index (κ3) is 13.5. The molecule has 2 saturated heterocycles. The molecule has 0 aromatic heterocycles. The summed E-state index contributed by atoms with van der Waals surface area (Å²) >= 11 is 0.832. The molecule has 10 atom stereocenters. The number of carbonyl (C=O) groups excluding carboxylic acids is 8. The van der Waals surface area contributed by atoms with Crippen molar-refractivity contribution in [1.29, 1.82) is 0 Å². The Morgan fingerprint density at radius 2 is 0.881 bits per heavy atom. The first-order valence-electron chi connectivity index (χ1n) is 21.0. The number of thioether (sulfide) groups is 1. The molecule has 2 amide bonds. The summed E-state index contributed by atoms with van der Waals surface area (Å²) in [6.45, 7) is 3.45. The van der Waals surface area contributed by atoms with Crippen LogP contribution in [-0.4, -0.2) is 120 Å². The lowest BCUT2D eigenvalue weighted by Gasteiger charge is -2.49. The standard InChI is InChI=1S/C48H48N2O16S/c1-27(51)49-37-41(66-46(58)34-23-15-8-16-24-34)42(36(26-59-29(3)53)62-47(37)61-30(4)54)67-48-38(50-28(2)52)40(65-45(57)33-21-13-7-14-22-33)39(64-44(56)32-19-11-6-12-20-32)35(63-48)25-60-43(55)31-17-9-5-10-18-31/h5-24,35-42,47-48H,25-26H2,1-4H3,(H,49,51)(H,50,52)/t35-,36-,37-,38-,39-,40-,41-,42-,47+,48+/m1/s1. The number of rotatable bonds is 16. The molecule has 2 fully saturated rings. The summed E-state index contributed by atoms with van der Waals surface area (Å²) in [5.74, 6) is -6.31. The third-order valence-corrected chi connectivity index (χ3v) is 11.8. The molecule has 0 bridgehead atoms. The van der Waals surface area contributed by atoms with Gasteiger partial charge in [-0.3, -0.25) is 19.2 Å². The second-order valence-electron chi connectivity index (χ2n) is 15.2. The van der Waals surface area contributed by atoms with Gasteiger partial charge in [0.2, 0.25) is 18.1 Å². The fourth-order valence-corrected chi connectivity index (χ4v) is 8.89. The molecule has 67 heavy (non-hydrogen) atoms. The van der Waals surface area contributed by atoms with Crippen LogP contribution >= 0.6 is 11.8 Å². The Labute approximate surface area is 389 Å². The first-order chi connectivity index (χ1) is 32.2. The molecular weight excluding hydrogens is 893 g/mol. The molecule has 352 valence electrons. The number of nitrogens with one attached hydrogen (secondary N) is 2. The van der Waals surface area contributed by atoms with Crippen LogP contribution in [0.3, 0.4) is 0 Å². The highest BCUT2D eigenvalue weighted by Crippen LogP contribution is 2.41. The summed E-state index contributed by atoms with van der Waals surface area (Å²) in [7, 11) is 0. The van der Waals surface area contributed by atoms with E-state index in [-0.39, 0.29) is 22.3 Å². The summed E-state index contributed by atoms with van der Waals surface area (Å²) in [4.78, 5) is 106. The van der Waals surface area contributed by atoms with E-state index in [4.69, 9.17) is 37.9 Å². The van der Waals surface area contributed by atoms with Crippen molar-refractivity contribution >= 4 is 59.4 Å². The number of esters is 6. The molecule has 2 heterocycles. The van der Waals surface area contributed by atoms with Crippen molar-refractivity contribution in [3.63, 3.8) is 0 Å². The zero-order chi connectivity index (χ0) is 48.0. The molecule has 0 radical (unpaired) electrons. The van der Waals surface area contributed by atoms with Gasteiger partial charge in [0, 0.05) is 27.7 Å². The van der Waals surface area contributed by atoms with E-state index >= 15 is 0 Å². The van der Waals surface area contributed by atoms with Gasteiger partial charge in [-0.25, -0.2) is 19.2 Å². The summed E-state index contributed by atoms with van der Waals surface area (Å²) < 4.78 is 48.1. The maximum Gasteiger partial charge on any atom is 0.338 e. The summed E-state index contributed by atoms with van der Waals surface area (Å²) in [5, 5.41) is 4.17. The Kier molecular flexibility index (Phi) is 17.2. The molecule has 2 aliphatic rings. The Bertz CT molecular complexity index is 2370. The number of hydrogen-bond acceptors (Lipinski definition) is 17. The Morgan fingerprint density at radius 3 is 1.33 bits per heavy atom. The van der Waals surface area contributed by atoms with Crippen LogP contribution in [-0.2, 0) is 57.1 Å². The lowest BCUT2D eigenvalue weighted by atomic mass is 9.96. The highest BCUT2D eigenvalue weighted by molar-refractivity contribution is 8.00. The minimum atomic E-state index is -1.61. The van der Waals surface area contributed by atoms with Crippen LogP contribution in [0.5, 0.6) is 0 Å². The minimum absolute atomic E-state index is 0.0876. The minimum Gasteiger partial charge on any atom is -0.463 e. The average Bonchev–Trinajstić information content (AvgIpc) is 3.31. The Balaban J connectivity index is 1.49. The van der Waals surface area contributed by atoms with Crippen molar-refractivity contribution in [3.8, 4) is 0 Å². The average molecular weight is 941 g/mol. The van der Waals surface area contributed by atoms with Gasteiger partial charge in [0.05, 0.1) is 27.5 Å². The van der Waals surface area contributed by atoms with E-state index in [1.54, 1.807) is 72.8 Å². The van der Waals surface area contributed by atoms with Crippen LogP contribution in [0.25, 0.3) is 0 Å². The fraction of sp³-hybridized carbons (Fsp3) is 0.333. The Morgan fingerprint density at radius 1 is 0.463 bits per heavy atom. The molecule has 0 spiro atoms. The van der Waals surface area contributed by atoms with E-state index in [9.17, 15) is 38.4 Å². The van der Waals surface area contributed by atoms with Gasteiger partial charge in [-0.05, 0) is 48.5 Å². The summed E-state index contributed by atoms with van der Waals surface area (Å²) in [6, 6.07) is 28.7. The normalized spacial score (nSPS) is 24.4. The van der Waals surface area contributed by atoms with Gasteiger partial charge >= 0.3 is 35.8 Å². The van der Waals surface area contributed by atoms with Crippen molar-refractivity contribution in [2.75, 3.05) is 13.2 Å². The largest absolute Gasteiger partial charge is 0.463 e. The maximum atomic E-state index is 14.1. The molecule has 0 saturated carbocycles. The summed E-state index contributed by atoms with van der Waals surface area (Å²) in [6.07, 6.45) is -9.11. The van der Waals surface area contributed by atoms with Crippen molar-refractivity contribution in [1.82, 2.24) is 10.6 Å². The molecule has 19 heteroatoms. The second kappa shape index (κ2) is 23.4. The first-order valence-corrected chi connectivity index (χ1v) is 21.9. The molecule has 2 N–H and O–H groups in total. The van der Waals surface area contributed by atoms with Gasteiger partial charge in [0.25, 0.3) is 0 Å². The van der Waals surface area contributed by atoms with Crippen LogP contribution in [0.15, 0.2) is 121 Å². The topological polar surface area (TPSA) is 234 Å². The highest BCUT2D eigenvalue weighted by Gasteiger charge is 2.56. The van der Waals surface area contributed by atoms with Gasteiger partial charge in [-0.15, -0.1) is 11.8 Å². The number of ether oxygens (including phenoxy) is 8. The highest BCUT2D eigenvalue weighted by atomic mass is 32.2. The number of carbonyl (C=O) groups is 8. The van der Waals surface area contributed by atoms with E-state index in [0.717, 1.165) is 25.6 Å². The van der Waals surface area contributed by atoms with Crippen molar-refractivity contribution < 1.29 is 76.3 Å². The monoisotopic (exact) mass is 940 g/mol. The van der Waals surface area contributed by atoms with Crippen molar-refractivity contribution in [2.45, 2.75) is 87.3 Å². The van der Waals surface area contributed by atoms with Crippen LogP contribution < -0.4 is 10.6 Å². The van der Waals surface area contributed by atoms with E-state index in [0.29, 0.717) is 0 Å². The third-order valence-electron chi connectivity index (χ3n) is 10.2. The van der Waals surface area contributed by atoms with Gasteiger partial charge in [-0.1, -0.05) is 72.8 Å². The van der Waals surface area contributed by atoms with E-state index in [1.165, 1.54) is 62.4 Å². The lowest BCUT2D eigenvalue weighted by Crippen LogP contribution is -2.68. The van der Waals surface area contributed by atoms with Crippen molar-refractivity contribution in [2.24, 2.45) is 0 Å². The predicted octanol–water partition coefficient (Wildman–Crippen LogP) is 4.21. The summed E-state index contributed by atoms with van der Waals surface area (Å²) in [5.41, 5.74) is -0.970. The van der Waals surface area contributed by atoms with Crippen LogP contribution in [0.2, 0.25) is 0 Å². The van der Waals surface area contributed by atoms with E-state index < -0.39 is 120 Å². The molecule has 6 rings (SSSR count). The zero-order valence-electron chi connectivity index (χ0n) is 36.7. The van der Waals surface area contributed by atoms with Crippen LogP contribution in [0.1, 0.15) is 69.1 Å². The molecule has 4 aromatic rings. The van der Waals surface area contributed by atoms with Gasteiger partial charge in [0.1, 0.15) is 49.0 Å². The lowest BCUT2D eigenvalue weighted by molar-refractivity contribution is -0.232. The zero-order valence-corrected chi connectivity index (χ0v) is 37.5. The van der Waals surface area contributed by atoms with Crippen LogP contribution in [0, 0.1) is 0 Å². The van der Waals surface area contributed by atoms with Gasteiger partial charge < -0.3 is 48.5 Å². The predicted molar refractivity (Wildman–Crippen MR) is 236 cm³/mol. The smallest absolute Gasteiger partial charge is 0.338 e. The Hall–Kier alpha value is -7.09. The van der Waals surface area contributed by atoms with Crippen molar-refractivity contribution in [3.05, 3.63) is 144 Å². The molecule has 0 aliphatic carbocycles. The molecule has 18 nitrogen and oxygen atoms in total. The maximum absolute atomic E-state index is 14.1. The molecule has 4 aromatic carbocycles. The molecule has 2 aliphatic heterocycles. The molecule has 0 unspecified atom stereocenters. The SMILES string of the molecule is CC(=O)N[C@@H]1[C@@H](OC(=O)c2ccccc2)[C@H](OC(=O)c2ccccc2)[C@@H](COC(=O)c2ccccc2)O[C@H]1S[C@H]1[C@H](OC(=O)c2ccccc2)[C@@H](NC(C)=O)[C@@H](OC(C)=O)O[C@@H]1COC(C)=O. The van der Waals surface area contributed by atoms with Gasteiger partial charge in [0.15, 0.2) is 12.2 Å². The molecular formula is C48H48N2O16S. The van der Waals surface area contributed by atoms with Crippen LogP contribution in [0.4, 0.5) is 0 Å².